The maximum Gasteiger partial charge on any atom is 0.323 e. The minimum Gasteiger partial charge on any atom is -0.504 e. The lowest BCUT2D eigenvalue weighted by Crippen LogP contribution is -2.48. The summed E-state index contributed by atoms with van der Waals surface area (Å²) in [6.07, 6.45) is 0.895. The quantitative estimate of drug-likeness (QED) is 0.0341. The standard InChI is InChI=1S/C19H22BrClN4O6S.C17H16Cl3N3O6S2.ClH/c20-11-5-1-2-7-14(11)24-19(29)25-15-9-8-12(21)17(16(15)26)32(30,31)23-10-4-3-6-13(22)18(27)28;18-9-2-1-3-11(13(9)20)21-16(25)22-12-5-4-10(19)15(14(12)24)31(28,29)23-6-7-30-17(26,27)8-23;/h1-2,5,7-9,13,23,26H,3-4,6,10,22H2,(H,27,28)(H2,24,25,29);1-5,24,26-27H,6-8H2,(H2,21,22,25);1H. The van der Waals surface area contributed by atoms with Crippen LogP contribution >= 0.6 is 86.5 Å². The molecule has 1 aliphatic heterocycles. The van der Waals surface area contributed by atoms with Crippen LogP contribution in [0.1, 0.15) is 19.3 Å². The van der Waals surface area contributed by atoms with Gasteiger partial charge in [0.25, 0.3) is 0 Å². The molecule has 1 fully saturated rings. The van der Waals surface area contributed by atoms with Crippen molar-refractivity contribution >= 4 is 147 Å². The minimum atomic E-state index is -4.42. The Labute approximate surface area is 405 Å². The van der Waals surface area contributed by atoms with Gasteiger partial charge in [0.2, 0.25) is 25.2 Å². The van der Waals surface area contributed by atoms with Crippen LogP contribution in [0.4, 0.5) is 32.3 Å². The van der Waals surface area contributed by atoms with Crippen LogP contribution in [0.5, 0.6) is 11.5 Å². The molecular formula is C36H39BrCl5N7O12S3. The van der Waals surface area contributed by atoms with E-state index in [1.807, 2.05) is 0 Å². The number of amides is 4. The number of rotatable bonds is 14. The lowest BCUT2D eigenvalue weighted by atomic mass is 10.1. The number of nitrogens with two attached hydrogens (primary N) is 1. The van der Waals surface area contributed by atoms with Crippen LogP contribution < -0.4 is 31.7 Å². The van der Waals surface area contributed by atoms with Gasteiger partial charge >= 0.3 is 18.0 Å². The largest absolute Gasteiger partial charge is 0.504 e. The molecule has 1 saturated heterocycles. The fourth-order valence-corrected chi connectivity index (χ4v) is 11.0. The number of unbranched alkanes of at least 4 members (excludes halogenated alkanes) is 1. The number of urea groups is 2. The maximum absolute atomic E-state index is 13.0. The minimum absolute atomic E-state index is 0. The topological polar surface area (TPSA) is 310 Å². The number of phenolic OH excluding ortho intramolecular Hbond substituents is 2. The molecule has 0 bridgehead atoms. The van der Waals surface area contributed by atoms with Crippen LogP contribution in [-0.2, 0) is 24.8 Å². The zero-order chi connectivity index (χ0) is 46.9. The number of thioether (sulfide) groups is 1. The van der Waals surface area contributed by atoms with E-state index < -0.39 is 77.1 Å². The van der Waals surface area contributed by atoms with Crippen molar-refractivity contribution in [3.63, 3.8) is 0 Å². The second-order valence-corrected chi connectivity index (χ2v) is 20.4. The van der Waals surface area contributed by atoms with E-state index in [2.05, 4.69) is 41.9 Å². The second-order valence-electron chi connectivity index (χ2n) is 13.1. The molecule has 19 nitrogen and oxygen atoms in total. The first-order valence-electron chi connectivity index (χ1n) is 17.9. The molecule has 0 aromatic heterocycles. The fourth-order valence-electron chi connectivity index (χ4n) is 5.40. The number of β-amino-alcohol motifs (C(OH)–C–C–N with tert-alkyl or cyclic N) is 2. The van der Waals surface area contributed by atoms with Crippen LogP contribution in [0.2, 0.25) is 20.1 Å². The van der Waals surface area contributed by atoms with Crippen LogP contribution in [0, 0.1) is 0 Å². The van der Waals surface area contributed by atoms with Crippen LogP contribution in [0.3, 0.4) is 0 Å². The van der Waals surface area contributed by atoms with E-state index in [0.717, 1.165) is 16.1 Å². The normalized spacial score (nSPS) is 14.2. The third kappa shape index (κ3) is 14.7. The van der Waals surface area contributed by atoms with E-state index in [9.17, 15) is 51.6 Å². The molecule has 1 aliphatic rings. The van der Waals surface area contributed by atoms with Gasteiger partial charge in [-0.3, -0.25) is 4.79 Å². The predicted octanol–water partition coefficient (Wildman–Crippen LogP) is 7.11. The van der Waals surface area contributed by atoms with Crippen molar-refractivity contribution in [2.24, 2.45) is 5.73 Å². The highest BCUT2D eigenvalue weighted by atomic mass is 79.9. The first kappa shape index (κ1) is 54.8. The van der Waals surface area contributed by atoms with Gasteiger partial charge in [0.1, 0.15) is 15.8 Å². The molecule has 1 unspecified atom stereocenters. The summed E-state index contributed by atoms with van der Waals surface area (Å²) >= 11 is 28.0. The summed E-state index contributed by atoms with van der Waals surface area (Å²) in [5.41, 5.74) is 5.65. The number of benzene rings is 4. The number of anilines is 4. The highest BCUT2D eigenvalue weighted by Gasteiger charge is 2.40. The number of carboxylic acid groups (broad SMARTS) is 1. The number of aliphatic carboxylic acids is 1. The Balaban J connectivity index is 0.000000335. The number of carbonyl (C=O) groups is 3. The van der Waals surface area contributed by atoms with E-state index in [0.29, 0.717) is 23.0 Å². The molecule has 0 aliphatic carbocycles. The third-order valence-electron chi connectivity index (χ3n) is 8.46. The average Bonchev–Trinajstić information content (AvgIpc) is 3.19. The maximum atomic E-state index is 13.0. The summed E-state index contributed by atoms with van der Waals surface area (Å²) in [6.45, 7) is -0.678. The molecule has 4 amide bonds. The van der Waals surface area contributed by atoms with Crippen LogP contribution in [-0.4, -0.2) is 101 Å². The molecule has 0 spiro atoms. The number of aromatic hydroxyl groups is 2. The fraction of sp³-hybridized carbons (Fsp3) is 0.250. The Morgan fingerprint density at radius 2 is 1.30 bits per heavy atom. The number of phenols is 2. The van der Waals surface area contributed by atoms with Crippen LogP contribution in [0.15, 0.2) is 81.0 Å². The molecular weight excluding hydrogens is 1080 g/mol. The van der Waals surface area contributed by atoms with Gasteiger partial charge in [-0.05, 0) is 77.3 Å². The summed E-state index contributed by atoms with van der Waals surface area (Å²) in [5.74, 6) is -2.54. The van der Waals surface area contributed by atoms with Gasteiger partial charge in [0, 0.05) is 23.3 Å². The predicted molar refractivity (Wildman–Crippen MR) is 252 cm³/mol. The first-order valence-corrected chi connectivity index (χ1v) is 24.1. The molecule has 350 valence electrons. The van der Waals surface area contributed by atoms with Gasteiger partial charge in [-0.1, -0.05) is 82.8 Å². The second kappa shape index (κ2) is 23.8. The molecule has 0 saturated carbocycles. The number of para-hydroxylation sites is 1. The summed E-state index contributed by atoms with van der Waals surface area (Å²) in [6, 6.07) is 13.8. The number of hydrogen-bond donors (Lipinski definition) is 11. The van der Waals surface area contributed by atoms with Gasteiger partial charge in [-0.15, -0.1) is 12.4 Å². The van der Waals surface area contributed by atoms with Crippen molar-refractivity contribution in [3.05, 3.63) is 91.3 Å². The Kier molecular flexibility index (Phi) is 20.4. The number of carboxylic acids is 1. The van der Waals surface area contributed by atoms with E-state index in [1.54, 1.807) is 30.3 Å². The zero-order valence-electron chi connectivity index (χ0n) is 32.5. The van der Waals surface area contributed by atoms with Crippen molar-refractivity contribution in [1.82, 2.24) is 9.03 Å². The average molecular weight is 1120 g/mol. The molecule has 64 heavy (non-hydrogen) atoms. The molecule has 4 aromatic carbocycles. The SMILES string of the molecule is Cl.NC(CCCCNS(=O)(=O)c1c(Cl)ccc(NC(=O)Nc2ccccc2Br)c1O)C(=O)O.O=C(Nc1ccc(Cl)c(S(=O)(=O)N2CCSC(O)(O)C2)c1O)Nc1cccc(Cl)c1Cl. The summed E-state index contributed by atoms with van der Waals surface area (Å²) in [5, 5.41) is 56.5. The van der Waals surface area contributed by atoms with Crippen LogP contribution in [0.25, 0.3) is 0 Å². The van der Waals surface area contributed by atoms with E-state index in [-0.39, 0.29) is 74.8 Å². The Morgan fingerprint density at radius 1 is 0.766 bits per heavy atom. The molecule has 1 heterocycles. The van der Waals surface area contributed by atoms with Crippen molar-refractivity contribution < 1.29 is 56.8 Å². The number of nitrogens with one attached hydrogen (secondary N) is 5. The van der Waals surface area contributed by atoms with Gasteiger partial charge in [0.05, 0.1) is 49.4 Å². The molecule has 12 N–H and O–H groups in total. The first-order chi connectivity index (χ1) is 29.4. The van der Waals surface area contributed by atoms with Crippen molar-refractivity contribution in [2.75, 3.05) is 46.7 Å². The Bertz CT molecular complexity index is 2590. The van der Waals surface area contributed by atoms with E-state index in [4.69, 9.17) is 57.2 Å². The number of sulfonamides is 2. The third-order valence-corrected chi connectivity index (χ3v) is 15.3. The Morgan fingerprint density at radius 3 is 1.88 bits per heavy atom. The molecule has 28 heteroatoms. The van der Waals surface area contributed by atoms with Crippen molar-refractivity contribution in [1.29, 1.82) is 0 Å². The molecule has 1 atom stereocenters. The van der Waals surface area contributed by atoms with Crippen molar-refractivity contribution in [3.8, 4) is 11.5 Å². The summed E-state index contributed by atoms with van der Waals surface area (Å²) < 4.78 is 55.0. The van der Waals surface area contributed by atoms with Gasteiger partial charge in [0.15, 0.2) is 11.5 Å². The highest BCUT2D eigenvalue weighted by molar-refractivity contribution is 9.10. The number of nitrogens with zero attached hydrogens (tertiary/aromatic N) is 1. The summed E-state index contributed by atoms with van der Waals surface area (Å²) in [4.78, 5) is 34.0. The van der Waals surface area contributed by atoms with Crippen molar-refractivity contribution in [2.45, 2.75) is 40.2 Å². The highest BCUT2D eigenvalue weighted by Crippen LogP contribution is 2.41. The lowest BCUT2D eigenvalue weighted by Gasteiger charge is -2.34. The zero-order valence-corrected chi connectivity index (χ0v) is 40.4. The Hall–Kier alpha value is -3.53. The monoisotopic (exact) mass is 1110 g/mol. The number of halogens is 6. The molecule has 5 rings (SSSR count). The smallest absolute Gasteiger partial charge is 0.323 e. The molecule has 4 aromatic rings. The van der Waals surface area contributed by atoms with E-state index in [1.165, 1.54) is 36.4 Å². The van der Waals surface area contributed by atoms with Gasteiger partial charge in [-0.25, -0.2) is 31.1 Å². The number of hydrogen-bond acceptors (Lipinski definition) is 13. The van der Waals surface area contributed by atoms with Gasteiger partial charge < -0.3 is 52.5 Å². The number of aliphatic hydroxyl groups is 2. The molecule has 0 radical (unpaired) electrons. The number of carbonyl (C=O) groups excluding carboxylic acids is 2. The van der Waals surface area contributed by atoms with Gasteiger partial charge in [-0.2, -0.15) is 4.31 Å². The van der Waals surface area contributed by atoms with E-state index >= 15 is 0 Å². The summed E-state index contributed by atoms with van der Waals surface area (Å²) in [7, 11) is -8.64. The lowest BCUT2D eigenvalue weighted by molar-refractivity contribution is -0.138.